The van der Waals surface area contributed by atoms with Gasteiger partial charge in [-0.3, -0.25) is 14.7 Å². The average Bonchev–Trinajstić information content (AvgIpc) is 3.76. The number of phenolic OH excluding ortho intramolecular Hbond substituents is 1. The number of hydrogen-bond acceptors (Lipinski definition) is 10. The van der Waals surface area contributed by atoms with Crippen molar-refractivity contribution in [2.75, 3.05) is 57.9 Å². The number of fused-ring (bicyclic) bond motifs is 9. The Hall–Kier alpha value is -4.64. The van der Waals surface area contributed by atoms with Crippen LogP contribution in [0.25, 0.3) is 32.9 Å². The first-order chi connectivity index (χ1) is 24.6. The summed E-state index contributed by atoms with van der Waals surface area (Å²) in [6, 6.07) is 5.69. The molecule has 51 heavy (non-hydrogen) atoms. The molecule has 264 valence electrons. The molecule has 4 fully saturated rings. The lowest BCUT2D eigenvalue weighted by molar-refractivity contribution is -0.132. The largest absolute Gasteiger partial charge is 0.508 e. The number of nitrogens with one attached hydrogen (secondary N) is 1. The van der Waals surface area contributed by atoms with Crippen LogP contribution in [0, 0.1) is 24.0 Å². The number of carbonyl (C=O) groups is 1. The van der Waals surface area contributed by atoms with Gasteiger partial charge in [-0.05, 0) is 62.2 Å². The highest BCUT2D eigenvalue weighted by molar-refractivity contribution is 6.03. The topological polar surface area (TPSA) is 116 Å². The van der Waals surface area contributed by atoms with E-state index in [4.69, 9.17) is 20.9 Å². The fourth-order valence-electron chi connectivity index (χ4n) is 9.41. The van der Waals surface area contributed by atoms with Crippen molar-refractivity contribution in [2.24, 2.45) is 0 Å². The highest BCUT2D eigenvalue weighted by atomic mass is 19.1. The van der Waals surface area contributed by atoms with Crippen molar-refractivity contribution in [3.8, 4) is 35.4 Å². The highest BCUT2D eigenvalue weighted by Gasteiger charge is 2.50. The van der Waals surface area contributed by atoms with Gasteiger partial charge in [0.2, 0.25) is 5.91 Å². The van der Waals surface area contributed by atoms with Gasteiger partial charge in [-0.1, -0.05) is 12.0 Å². The Morgan fingerprint density at radius 2 is 2.04 bits per heavy atom. The maximum atomic E-state index is 17.1. The van der Waals surface area contributed by atoms with Crippen LogP contribution in [0.4, 0.5) is 14.6 Å². The van der Waals surface area contributed by atoms with Crippen LogP contribution in [0.2, 0.25) is 0 Å². The zero-order valence-electron chi connectivity index (χ0n) is 28.4. The third-order valence-corrected chi connectivity index (χ3v) is 11.7. The summed E-state index contributed by atoms with van der Waals surface area (Å²) >= 11 is 0. The summed E-state index contributed by atoms with van der Waals surface area (Å²) in [6.07, 6.45) is 12.0. The molecule has 0 saturated carbocycles. The second-order valence-corrected chi connectivity index (χ2v) is 15.0. The fourth-order valence-corrected chi connectivity index (χ4v) is 9.41. The Kier molecular flexibility index (Phi) is 7.58. The van der Waals surface area contributed by atoms with Crippen LogP contribution in [0.5, 0.6) is 11.8 Å². The molecule has 4 atom stereocenters. The number of hydrogen-bond donors (Lipinski definition) is 2. The summed E-state index contributed by atoms with van der Waals surface area (Å²) < 4.78 is 44.8. The molecule has 2 spiro atoms. The maximum Gasteiger partial charge on any atom is 0.319 e. The van der Waals surface area contributed by atoms with Crippen LogP contribution >= 0.6 is 0 Å². The number of benzene rings is 2. The number of aromatic nitrogens is 3. The van der Waals surface area contributed by atoms with Crippen molar-refractivity contribution in [2.45, 2.75) is 61.7 Å². The van der Waals surface area contributed by atoms with Crippen molar-refractivity contribution < 1.29 is 28.2 Å². The first kappa shape index (κ1) is 32.3. The molecule has 1 amide bonds. The molecule has 7 heterocycles. The summed E-state index contributed by atoms with van der Waals surface area (Å²) in [5, 5.41) is 15.5. The standard InChI is InChI=1S/C38H39F2N7O4/c1-3-26-29(39)6-5-22-13-24(48)14-27(31(22)26)33-32(40)34-28(16-41-33)35-43-36(42-34)51-21-38-9-4-11-47(38)18-25(15-38)50-12-8-30(49)45(2)19-37-10-7-23(44-37)17-46(35)20-37/h1,5-6,13-14,16,23,25,44,48H,4,7-12,15,17-21H2,2H3/t23-,25+,37-,38+/m0/s1. The van der Waals surface area contributed by atoms with Crippen LogP contribution in [0.3, 0.4) is 0 Å². The van der Waals surface area contributed by atoms with E-state index in [-0.39, 0.29) is 63.1 Å². The summed E-state index contributed by atoms with van der Waals surface area (Å²) in [7, 11) is 1.84. The molecule has 0 unspecified atom stereocenters. The van der Waals surface area contributed by atoms with Crippen molar-refractivity contribution in [3.05, 3.63) is 47.7 Å². The van der Waals surface area contributed by atoms with Gasteiger partial charge in [0.15, 0.2) is 5.82 Å². The molecule has 0 radical (unpaired) electrons. The molecule has 5 aliphatic rings. The van der Waals surface area contributed by atoms with Gasteiger partial charge in [-0.25, -0.2) is 8.78 Å². The Morgan fingerprint density at radius 3 is 2.90 bits per heavy atom. The minimum Gasteiger partial charge on any atom is -0.508 e. The van der Waals surface area contributed by atoms with Crippen LogP contribution in [0.1, 0.15) is 44.1 Å². The number of ether oxygens (including phenoxy) is 2. The van der Waals surface area contributed by atoms with Crippen LogP contribution in [-0.2, 0) is 9.53 Å². The summed E-state index contributed by atoms with van der Waals surface area (Å²) in [5.41, 5.74) is -0.723. The maximum absolute atomic E-state index is 17.1. The molecule has 2 aromatic heterocycles. The Morgan fingerprint density at radius 1 is 1.16 bits per heavy atom. The van der Waals surface area contributed by atoms with Crippen LogP contribution < -0.4 is 15.0 Å². The number of piperazine rings is 1. The molecule has 9 rings (SSSR count). The average molecular weight is 696 g/mol. The second kappa shape index (κ2) is 12.0. The Balaban J connectivity index is 1.21. The van der Waals surface area contributed by atoms with Crippen molar-refractivity contribution in [3.63, 3.8) is 0 Å². The fraction of sp³-hybridized carbons (Fsp3) is 0.474. The lowest BCUT2D eigenvalue weighted by Crippen LogP contribution is -2.64. The quantitative estimate of drug-likeness (QED) is 0.284. The second-order valence-electron chi connectivity index (χ2n) is 15.0. The lowest BCUT2D eigenvalue weighted by atomic mass is 9.94. The van der Waals surface area contributed by atoms with E-state index in [9.17, 15) is 14.3 Å². The van der Waals surface area contributed by atoms with Crippen LogP contribution in [-0.4, -0.2) is 112 Å². The van der Waals surface area contributed by atoms with Crippen LogP contribution in [0.15, 0.2) is 30.5 Å². The molecule has 2 N–H and O–H groups in total. The third-order valence-electron chi connectivity index (χ3n) is 11.7. The van der Waals surface area contributed by atoms with Gasteiger partial charge in [-0.15, -0.1) is 6.42 Å². The molecular formula is C38H39F2N7O4. The predicted octanol–water partition coefficient (Wildman–Crippen LogP) is 3.99. The number of amides is 1. The zero-order chi connectivity index (χ0) is 35.1. The molecule has 0 aliphatic carbocycles. The minimum absolute atomic E-state index is 0.00583. The van der Waals surface area contributed by atoms with Gasteiger partial charge in [-0.2, -0.15) is 9.97 Å². The first-order valence-corrected chi connectivity index (χ1v) is 17.7. The number of likely N-dealkylation sites (N-methyl/N-ethyl adjacent to an activating group) is 1. The summed E-state index contributed by atoms with van der Waals surface area (Å²) in [5.74, 6) is 1.38. The SMILES string of the molecule is C#Cc1c(F)ccc2cc(O)cc(-c3ncc4c5nc(nc4c3F)OC[C@]34CCCN3C[C@@H](C4)OCCC(=O)N(C)C[C@@]34CC[C@@H](CN5C3)N4)c12. The number of anilines is 1. The number of terminal acetylenes is 1. The Bertz CT molecular complexity index is 2140. The monoisotopic (exact) mass is 695 g/mol. The van der Waals surface area contributed by atoms with Gasteiger partial charge in [0, 0.05) is 56.4 Å². The van der Waals surface area contributed by atoms with Gasteiger partial charge < -0.3 is 29.7 Å². The number of pyridine rings is 1. The number of carbonyl (C=O) groups excluding carboxylic acids is 1. The van der Waals surface area contributed by atoms with E-state index in [2.05, 4.69) is 31.0 Å². The van der Waals surface area contributed by atoms with E-state index >= 15 is 4.39 Å². The first-order valence-electron chi connectivity index (χ1n) is 17.7. The van der Waals surface area contributed by atoms with Gasteiger partial charge in [0.05, 0.1) is 41.2 Å². The van der Waals surface area contributed by atoms with E-state index in [0.717, 1.165) is 45.2 Å². The zero-order valence-corrected chi connectivity index (χ0v) is 28.4. The van der Waals surface area contributed by atoms with Crippen molar-refractivity contribution in [1.82, 2.24) is 30.1 Å². The van der Waals surface area contributed by atoms with Crippen molar-refractivity contribution in [1.29, 1.82) is 0 Å². The Labute approximate surface area is 293 Å². The molecule has 11 nitrogen and oxygen atoms in total. The van der Waals surface area contributed by atoms with Gasteiger partial charge in [0.25, 0.3) is 0 Å². The molecule has 4 aromatic rings. The molecule has 4 saturated heterocycles. The number of nitrogens with zero attached hydrogens (tertiary/aromatic N) is 6. The molecular weight excluding hydrogens is 656 g/mol. The normalized spacial score (nSPS) is 28.2. The number of halogens is 2. The molecule has 2 aromatic carbocycles. The molecule has 13 heteroatoms. The van der Waals surface area contributed by atoms with Gasteiger partial charge >= 0.3 is 6.01 Å². The summed E-state index contributed by atoms with van der Waals surface area (Å²) in [6.45, 7) is 3.97. The minimum atomic E-state index is -0.765. The highest BCUT2D eigenvalue weighted by Crippen LogP contribution is 2.43. The van der Waals surface area contributed by atoms with E-state index < -0.39 is 17.2 Å². The smallest absolute Gasteiger partial charge is 0.319 e. The van der Waals surface area contributed by atoms with E-state index in [1.165, 1.54) is 30.5 Å². The number of phenols is 1. The molecule has 5 aliphatic heterocycles. The summed E-state index contributed by atoms with van der Waals surface area (Å²) in [4.78, 5) is 33.8. The number of aromatic hydroxyl groups is 1. The van der Waals surface area contributed by atoms with E-state index in [0.29, 0.717) is 55.9 Å². The lowest BCUT2D eigenvalue weighted by Gasteiger charge is -2.44. The van der Waals surface area contributed by atoms with Gasteiger partial charge in [0.1, 0.15) is 35.2 Å². The number of rotatable bonds is 1. The van der Waals surface area contributed by atoms with E-state index in [1.807, 2.05) is 7.05 Å². The molecule has 7 bridgehead atoms. The predicted molar refractivity (Wildman–Crippen MR) is 187 cm³/mol. The van der Waals surface area contributed by atoms with E-state index in [1.54, 1.807) is 4.90 Å². The van der Waals surface area contributed by atoms with Crippen molar-refractivity contribution >= 4 is 33.4 Å². The third kappa shape index (κ3) is 5.34.